The van der Waals surface area contributed by atoms with Crippen LogP contribution in [0.4, 0.5) is 0 Å². The van der Waals surface area contributed by atoms with E-state index in [1.54, 1.807) is 32.1 Å². The summed E-state index contributed by atoms with van der Waals surface area (Å²) in [6.07, 6.45) is 16.4. The first-order chi connectivity index (χ1) is 16.9. The van der Waals surface area contributed by atoms with Gasteiger partial charge in [-0.05, 0) is 44.4 Å². The lowest BCUT2D eigenvalue weighted by Gasteiger charge is -2.18. The number of carbonyl (C=O) groups is 1. The van der Waals surface area contributed by atoms with Crippen molar-refractivity contribution in [3.63, 3.8) is 0 Å². The maximum atomic E-state index is 12.8. The van der Waals surface area contributed by atoms with E-state index in [2.05, 4.69) is 12.2 Å². The van der Waals surface area contributed by atoms with Gasteiger partial charge in [-0.2, -0.15) is 0 Å². The van der Waals surface area contributed by atoms with Crippen molar-refractivity contribution >= 4 is 13.5 Å². The van der Waals surface area contributed by atoms with Crippen LogP contribution >= 0.6 is 7.60 Å². The standard InChI is InChI=1S/C28H48NO5P/c1-4-7-8-9-10-11-12-13-14-15-16-17-28(31)29-26(24-25-18-20-27(30)21-19-25)22-23-35(32,33-5-2)34-6-3/h18-23,26,30H,4-17,24H2,1-3H3,(H,29,31)/t26-/m0/s1. The molecule has 200 valence electrons. The van der Waals surface area contributed by atoms with Gasteiger partial charge in [-0.25, -0.2) is 0 Å². The van der Waals surface area contributed by atoms with Crippen LogP contribution in [0.3, 0.4) is 0 Å². The quantitative estimate of drug-likeness (QED) is 0.130. The molecule has 0 saturated carbocycles. The Morgan fingerprint density at radius 1 is 0.886 bits per heavy atom. The Labute approximate surface area is 213 Å². The Bertz CT molecular complexity index is 740. The maximum Gasteiger partial charge on any atom is 0.353 e. The molecule has 7 heteroatoms. The van der Waals surface area contributed by atoms with Crippen LogP contribution in [0.1, 0.15) is 103 Å². The molecule has 1 aromatic rings. The zero-order valence-corrected chi connectivity index (χ0v) is 23.1. The minimum Gasteiger partial charge on any atom is -0.508 e. The lowest BCUT2D eigenvalue weighted by Crippen LogP contribution is -2.34. The Morgan fingerprint density at radius 3 is 1.91 bits per heavy atom. The monoisotopic (exact) mass is 509 g/mol. The van der Waals surface area contributed by atoms with E-state index in [4.69, 9.17) is 9.05 Å². The molecule has 0 fully saturated rings. The third kappa shape index (κ3) is 15.9. The average molecular weight is 510 g/mol. The molecule has 1 atom stereocenters. The smallest absolute Gasteiger partial charge is 0.353 e. The molecule has 1 amide bonds. The Kier molecular flexibility index (Phi) is 17.5. The van der Waals surface area contributed by atoms with E-state index in [0.717, 1.165) is 18.4 Å². The highest BCUT2D eigenvalue weighted by Gasteiger charge is 2.20. The number of hydrogen-bond donors (Lipinski definition) is 2. The minimum atomic E-state index is -3.35. The van der Waals surface area contributed by atoms with Crippen molar-refractivity contribution in [3.8, 4) is 5.75 Å². The first-order valence-electron chi connectivity index (χ1n) is 13.6. The van der Waals surface area contributed by atoms with Crippen molar-refractivity contribution in [3.05, 3.63) is 41.7 Å². The summed E-state index contributed by atoms with van der Waals surface area (Å²) < 4.78 is 23.5. The zero-order valence-electron chi connectivity index (χ0n) is 22.2. The topological polar surface area (TPSA) is 84.9 Å². The van der Waals surface area contributed by atoms with Crippen LogP contribution < -0.4 is 5.32 Å². The average Bonchev–Trinajstić information content (AvgIpc) is 2.83. The highest BCUT2D eigenvalue weighted by molar-refractivity contribution is 7.57. The summed E-state index contributed by atoms with van der Waals surface area (Å²) in [4.78, 5) is 12.6. The number of phenolic OH excluding ortho intramolecular Hbond substituents is 1. The van der Waals surface area contributed by atoms with Gasteiger partial charge < -0.3 is 19.5 Å². The van der Waals surface area contributed by atoms with Crippen molar-refractivity contribution in [1.29, 1.82) is 0 Å². The second-order valence-corrected chi connectivity index (χ2v) is 10.9. The molecule has 2 N–H and O–H groups in total. The third-order valence-corrected chi connectivity index (χ3v) is 7.64. The van der Waals surface area contributed by atoms with Crippen molar-refractivity contribution in [2.75, 3.05) is 13.2 Å². The fourth-order valence-electron chi connectivity index (χ4n) is 3.97. The molecular formula is C28H48NO5P. The van der Waals surface area contributed by atoms with E-state index in [1.807, 2.05) is 12.1 Å². The summed E-state index contributed by atoms with van der Waals surface area (Å²) in [6, 6.07) is 6.52. The molecule has 1 aromatic carbocycles. The molecular weight excluding hydrogens is 461 g/mol. The molecule has 1 rings (SSSR count). The van der Waals surface area contributed by atoms with Crippen LogP contribution in [-0.2, 0) is 24.8 Å². The SMILES string of the molecule is CCCCCCCCCCCCCC(=O)N[C@@H](C=CP(=O)(OCC)OCC)Cc1ccc(O)cc1. The Morgan fingerprint density at radius 2 is 1.40 bits per heavy atom. The molecule has 0 aliphatic rings. The molecule has 6 nitrogen and oxygen atoms in total. The normalized spacial score (nSPS) is 12.8. The highest BCUT2D eigenvalue weighted by atomic mass is 31.2. The number of aromatic hydroxyl groups is 1. The van der Waals surface area contributed by atoms with Crippen LogP contribution in [0.15, 0.2) is 36.2 Å². The number of carbonyl (C=O) groups excluding carboxylic acids is 1. The Hall–Kier alpha value is -1.62. The molecule has 0 saturated heterocycles. The van der Waals surface area contributed by atoms with Crippen molar-refractivity contribution in [2.45, 2.75) is 110 Å². The number of benzene rings is 1. The summed E-state index contributed by atoms with van der Waals surface area (Å²) in [5, 5.41) is 12.6. The van der Waals surface area contributed by atoms with Crippen LogP contribution in [0.2, 0.25) is 0 Å². The van der Waals surface area contributed by atoms with Crippen LogP contribution in [0.25, 0.3) is 0 Å². The molecule has 0 heterocycles. The van der Waals surface area contributed by atoms with E-state index in [0.29, 0.717) is 12.8 Å². The maximum absolute atomic E-state index is 12.8. The fraction of sp³-hybridized carbons (Fsp3) is 0.679. The van der Waals surface area contributed by atoms with E-state index >= 15 is 0 Å². The van der Waals surface area contributed by atoms with Gasteiger partial charge in [-0.3, -0.25) is 9.36 Å². The van der Waals surface area contributed by atoms with Gasteiger partial charge in [0.2, 0.25) is 5.91 Å². The van der Waals surface area contributed by atoms with Gasteiger partial charge >= 0.3 is 7.60 Å². The number of hydrogen-bond acceptors (Lipinski definition) is 5. The largest absolute Gasteiger partial charge is 0.508 e. The summed E-state index contributed by atoms with van der Waals surface area (Å²) in [5.41, 5.74) is 0.954. The number of rotatable bonds is 21. The first-order valence-corrected chi connectivity index (χ1v) is 15.2. The second kappa shape index (κ2) is 19.6. The van der Waals surface area contributed by atoms with E-state index in [9.17, 15) is 14.5 Å². The van der Waals surface area contributed by atoms with Gasteiger partial charge in [0.25, 0.3) is 0 Å². The van der Waals surface area contributed by atoms with Gasteiger partial charge in [-0.1, -0.05) is 89.3 Å². The number of unbranched alkanes of at least 4 members (excludes halogenated alkanes) is 10. The summed E-state index contributed by atoms with van der Waals surface area (Å²) in [6.45, 7) is 6.33. The fourth-order valence-corrected chi connectivity index (χ4v) is 5.36. The van der Waals surface area contributed by atoms with Gasteiger partial charge in [0.1, 0.15) is 5.75 Å². The van der Waals surface area contributed by atoms with Gasteiger partial charge in [0.15, 0.2) is 0 Å². The van der Waals surface area contributed by atoms with Crippen molar-refractivity contribution in [2.24, 2.45) is 0 Å². The molecule has 0 radical (unpaired) electrons. The van der Waals surface area contributed by atoms with E-state index in [1.165, 1.54) is 63.6 Å². The van der Waals surface area contributed by atoms with Gasteiger partial charge in [0.05, 0.1) is 19.3 Å². The molecule has 0 aromatic heterocycles. The predicted octanol–water partition coefficient (Wildman–Crippen LogP) is 7.90. The molecule has 0 aliphatic carbocycles. The second-order valence-electron chi connectivity index (χ2n) is 9.05. The minimum absolute atomic E-state index is 0.0167. The first kappa shape index (κ1) is 31.4. The molecule has 35 heavy (non-hydrogen) atoms. The van der Waals surface area contributed by atoms with Crippen LogP contribution in [-0.4, -0.2) is 30.3 Å². The van der Waals surface area contributed by atoms with Gasteiger partial charge in [0, 0.05) is 12.2 Å². The van der Waals surface area contributed by atoms with Crippen molar-refractivity contribution < 1.29 is 23.5 Å². The summed E-state index contributed by atoms with van der Waals surface area (Å²) >= 11 is 0. The summed E-state index contributed by atoms with van der Waals surface area (Å²) in [5.74, 6) is 1.63. The molecule has 0 aliphatic heterocycles. The molecule has 0 unspecified atom stereocenters. The van der Waals surface area contributed by atoms with E-state index in [-0.39, 0.29) is 30.9 Å². The predicted molar refractivity (Wildman–Crippen MR) is 145 cm³/mol. The van der Waals surface area contributed by atoms with Crippen LogP contribution in [0.5, 0.6) is 5.75 Å². The molecule has 0 spiro atoms. The zero-order chi connectivity index (χ0) is 25.8. The van der Waals surface area contributed by atoms with Crippen LogP contribution in [0, 0.1) is 0 Å². The summed E-state index contributed by atoms with van der Waals surface area (Å²) in [7, 11) is -3.35. The van der Waals surface area contributed by atoms with Crippen molar-refractivity contribution in [1.82, 2.24) is 5.32 Å². The lowest BCUT2D eigenvalue weighted by atomic mass is 10.0. The third-order valence-electron chi connectivity index (χ3n) is 5.86. The molecule has 0 bridgehead atoms. The highest BCUT2D eigenvalue weighted by Crippen LogP contribution is 2.49. The Balaban J connectivity index is 2.49. The van der Waals surface area contributed by atoms with E-state index < -0.39 is 7.60 Å². The van der Waals surface area contributed by atoms with Gasteiger partial charge in [-0.15, -0.1) is 0 Å². The lowest BCUT2D eigenvalue weighted by molar-refractivity contribution is -0.121. The number of amides is 1. The number of phenols is 1. The number of nitrogens with one attached hydrogen (secondary N) is 1.